The summed E-state index contributed by atoms with van der Waals surface area (Å²) in [4.78, 5) is 17.1. The van der Waals surface area contributed by atoms with Crippen molar-refractivity contribution in [1.82, 2.24) is 15.0 Å². The molecule has 1 aliphatic rings. The van der Waals surface area contributed by atoms with Crippen molar-refractivity contribution in [1.29, 1.82) is 0 Å². The monoisotopic (exact) mass is 569 g/mol. The highest BCUT2D eigenvalue weighted by molar-refractivity contribution is 7.89. The largest absolute Gasteiger partial charge is 0.497 e. The predicted molar refractivity (Wildman–Crippen MR) is 148 cm³/mol. The van der Waals surface area contributed by atoms with Crippen molar-refractivity contribution in [2.45, 2.75) is 61.5 Å². The number of nitrogens with zero attached hydrogens (tertiary/aromatic N) is 1. The average molecular weight is 570 g/mol. The maximum Gasteiger partial charge on any atom is 0.409 e. The maximum absolute atomic E-state index is 13.7. The Morgan fingerprint density at radius 2 is 1.75 bits per heavy atom. The number of pyridine rings is 1. The van der Waals surface area contributed by atoms with Gasteiger partial charge in [-0.25, -0.2) is 13.2 Å². The van der Waals surface area contributed by atoms with Gasteiger partial charge in [-0.15, -0.1) is 0 Å². The first-order valence-electron chi connectivity index (χ1n) is 13.1. The highest BCUT2D eigenvalue weighted by Gasteiger charge is 2.44. The Kier molecular flexibility index (Phi) is 10.1. The Hall–Kier alpha value is -3.51. The van der Waals surface area contributed by atoms with Gasteiger partial charge in [0.1, 0.15) is 24.1 Å². The van der Waals surface area contributed by atoms with Crippen molar-refractivity contribution >= 4 is 16.1 Å². The van der Waals surface area contributed by atoms with Crippen LogP contribution in [0.15, 0.2) is 84.0 Å². The molecule has 0 bridgehead atoms. The molecule has 11 heteroatoms. The number of hydrogen-bond donors (Lipinski definition) is 3. The van der Waals surface area contributed by atoms with Gasteiger partial charge in [0, 0.05) is 24.4 Å². The molecular formula is C29H35N3O7S. The number of aliphatic hydroxyl groups excluding tert-OH is 1. The van der Waals surface area contributed by atoms with E-state index in [4.69, 9.17) is 14.2 Å². The molecule has 3 N–H and O–H groups in total. The minimum absolute atomic E-state index is 0.0418. The van der Waals surface area contributed by atoms with E-state index in [0.717, 1.165) is 25.7 Å². The lowest BCUT2D eigenvalue weighted by molar-refractivity contribution is -0.0489. The van der Waals surface area contributed by atoms with Gasteiger partial charge in [0.2, 0.25) is 10.0 Å². The lowest BCUT2D eigenvalue weighted by atomic mass is 9.95. The first kappa shape index (κ1) is 29.5. The highest BCUT2D eigenvalue weighted by atomic mass is 32.2. The van der Waals surface area contributed by atoms with Crippen LogP contribution in [0.1, 0.15) is 36.8 Å². The fourth-order valence-corrected chi connectivity index (χ4v) is 5.97. The van der Waals surface area contributed by atoms with Gasteiger partial charge in [0.05, 0.1) is 24.7 Å². The number of nitrogens with one attached hydrogen (secondary N) is 2. The molecule has 214 valence electrons. The number of methoxy groups -OCH3 is 1. The van der Waals surface area contributed by atoms with Gasteiger partial charge in [-0.2, -0.15) is 4.72 Å². The molecule has 0 saturated heterocycles. The van der Waals surface area contributed by atoms with E-state index < -0.39 is 27.9 Å². The molecule has 2 atom stereocenters. The molecule has 1 aliphatic carbocycles. The molecule has 1 aromatic heterocycles. The summed E-state index contributed by atoms with van der Waals surface area (Å²) in [5, 5.41) is 14.2. The number of aliphatic hydroxyl groups is 1. The second-order valence-corrected chi connectivity index (χ2v) is 11.4. The van der Waals surface area contributed by atoms with Crippen LogP contribution in [0.2, 0.25) is 0 Å². The lowest BCUT2D eigenvalue weighted by Crippen LogP contribution is -2.69. The lowest BCUT2D eigenvalue weighted by Gasteiger charge is -2.39. The van der Waals surface area contributed by atoms with Crippen LogP contribution in [0.4, 0.5) is 4.79 Å². The van der Waals surface area contributed by atoms with Crippen molar-refractivity contribution in [3.8, 4) is 5.75 Å². The van der Waals surface area contributed by atoms with Crippen LogP contribution in [0.3, 0.4) is 0 Å². The Labute approximate surface area is 234 Å². The van der Waals surface area contributed by atoms with Crippen LogP contribution in [-0.2, 0) is 32.5 Å². The molecule has 1 amide bonds. The average Bonchev–Trinajstić information content (AvgIpc) is 3.49. The number of alkyl carbamates (subject to hydrolysis) is 1. The van der Waals surface area contributed by atoms with Crippen LogP contribution in [0.25, 0.3) is 0 Å². The van der Waals surface area contributed by atoms with E-state index >= 15 is 0 Å². The van der Waals surface area contributed by atoms with E-state index in [0.29, 0.717) is 16.9 Å². The van der Waals surface area contributed by atoms with Crippen molar-refractivity contribution in [2.24, 2.45) is 0 Å². The molecule has 0 aliphatic heterocycles. The van der Waals surface area contributed by atoms with Crippen molar-refractivity contribution in [2.75, 3.05) is 13.7 Å². The van der Waals surface area contributed by atoms with E-state index in [1.54, 1.807) is 48.8 Å². The van der Waals surface area contributed by atoms with E-state index in [2.05, 4.69) is 15.0 Å². The highest BCUT2D eigenvalue weighted by Crippen LogP contribution is 2.25. The van der Waals surface area contributed by atoms with Crippen LogP contribution in [0.5, 0.6) is 5.75 Å². The fraction of sp³-hybridized carbons (Fsp3) is 0.379. The quantitative estimate of drug-likeness (QED) is 0.266. The number of aromatic nitrogens is 1. The third kappa shape index (κ3) is 8.01. The molecule has 1 fully saturated rings. The number of rotatable bonds is 13. The van der Waals surface area contributed by atoms with Gasteiger partial charge in [-0.05, 0) is 48.7 Å². The number of amides is 1. The van der Waals surface area contributed by atoms with Crippen LogP contribution in [-0.4, -0.2) is 56.2 Å². The second kappa shape index (κ2) is 13.7. The number of ether oxygens (including phenoxy) is 3. The second-order valence-electron chi connectivity index (χ2n) is 9.73. The van der Waals surface area contributed by atoms with Crippen LogP contribution >= 0.6 is 0 Å². The van der Waals surface area contributed by atoms with E-state index in [9.17, 15) is 18.3 Å². The van der Waals surface area contributed by atoms with Crippen molar-refractivity contribution in [3.63, 3.8) is 0 Å². The maximum atomic E-state index is 13.7. The van der Waals surface area contributed by atoms with Gasteiger partial charge < -0.3 is 19.3 Å². The number of carbonyl (C=O) groups is 1. The molecule has 2 aromatic carbocycles. The van der Waals surface area contributed by atoms with E-state index in [-0.39, 0.29) is 30.6 Å². The zero-order chi connectivity index (χ0) is 28.4. The fourth-order valence-electron chi connectivity index (χ4n) is 4.62. The molecule has 0 spiro atoms. The third-order valence-corrected chi connectivity index (χ3v) is 8.32. The molecule has 2 unspecified atom stereocenters. The molecule has 0 radical (unpaired) electrons. The Morgan fingerprint density at radius 1 is 1.05 bits per heavy atom. The first-order valence-corrected chi connectivity index (χ1v) is 14.6. The number of hydrogen-bond acceptors (Lipinski definition) is 8. The Morgan fingerprint density at radius 3 is 2.40 bits per heavy atom. The molecule has 10 nitrogen and oxygen atoms in total. The van der Waals surface area contributed by atoms with E-state index in [1.807, 2.05) is 6.07 Å². The van der Waals surface area contributed by atoms with Gasteiger partial charge in [-0.3, -0.25) is 10.3 Å². The smallest absolute Gasteiger partial charge is 0.409 e. The first-order chi connectivity index (χ1) is 19.3. The van der Waals surface area contributed by atoms with Gasteiger partial charge in [0.25, 0.3) is 0 Å². The van der Waals surface area contributed by atoms with Crippen molar-refractivity contribution < 1.29 is 32.5 Å². The summed E-state index contributed by atoms with van der Waals surface area (Å²) < 4.78 is 46.4. The normalized spacial score (nSPS) is 16.1. The van der Waals surface area contributed by atoms with E-state index in [1.165, 1.54) is 31.4 Å². The molecular weight excluding hydrogens is 534 g/mol. The minimum atomic E-state index is -4.26. The number of sulfonamides is 1. The summed E-state index contributed by atoms with van der Waals surface area (Å²) >= 11 is 0. The number of carbonyl (C=O) groups excluding carboxylic acids is 1. The van der Waals surface area contributed by atoms with Crippen LogP contribution < -0.4 is 14.8 Å². The van der Waals surface area contributed by atoms with Gasteiger partial charge in [-0.1, -0.05) is 49.2 Å². The zero-order valence-electron chi connectivity index (χ0n) is 22.4. The summed E-state index contributed by atoms with van der Waals surface area (Å²) in [6.07, 6.45) is 4.42. The predicted octanol–water partition coefficient (Wildman–Crippen LogP) is 3.55. The zero-order valence-corrected chi connectivity index (χ0v) is 23.2. The van der Waals surface area contributed by atoms with Gasteiger partial charge in [0.15, 0.2) is 0 Å². The summed E-state index contributed by atoms with van der Waals surface area (Å²) in [5.74, 6) is 0.483. The topological polar surface area (TPSA) is 136 Å². The van der Waals surface area contributed by atoms with Crippen LogP contribution in [0, 0.1) is 0 Å². The molecule has 40 heavy (non-hydrogen) atoms. The summed E-state index contributed by atoms with van der Waals surface area (Å²) in [6, 6.07) is 18.2. The SMILES string of the molecule is COc1ccc(S(=O)(=O)NC(Cc2ccccc2)(NC(=O)OCc2cccnc2)C(O)COC2CCCC2)cc1. The molecule has 1 heterocycles. The molecule has 4 rings (SSSR count). The summed E-state index contributed by atoms with van der Waals surface area (Å²) in [7, 11) is -2.78. The Bertz CT molecular complexity index is 1320. The Balaban J connectivity index is 1.66. The third-order valence-electron chi connectivity index (χ3n) is 6.79. The summed E-state index contributed by atoms with van der Waals surface area (Å²) in [5.41, 5.74) is -0.590. The standard InChI is InChI=1S/C29H35N3O7S/c1-37-24-13-15-26(16-14-24)40(35,36)32-29(18-22-8-3-2-4-9-22,27(33)21-38-25-11-5-6-12-25)31-28(34)39-20-23-10-7-17-30-19-23/h2-4,7-10,13-17,19,25,27,32-33H,5-6,11-12,18,20-21H2,1H3,(H,31,34). The summed E-state index contributed by atoms with van der Waals surface area (Å²) in [6.45, 7) is -0.299. The minimum Gasteiger partial charge on any atom is -0.497 e. The van der Waals surface area contributed by atoms with Crippen molar-refractivity contribution in [3.05, 3.63) is 90.3 Å². The van der Waals surface area contributed by atoms with Gasteiger partial charge >= 0.3 is 6.09 Å². The number of benzene rings is 2. The molecule has 1 saturated carbocycles. The molecule has 3 aromatic rings.